The molecule has 0 saturated carbocycles. The number of rotatable bonds is 2. The van der Waals surface area contributed by atoms with E-state index in [9.17, 15) is 0 Å². The van der Waals surface area contributed by atoms with Crippen molar-refractivity contribution in [3.8, 4) is 0 Å². The summed E-state index contributed by atoms with van der Waals surface area (Å²) in [5.41, 5.74) is 10.7. The zero-order chi connectivity index (χ0) is 12.4. The van der Waals surface area contributed by atoms with Crippen molar-refractivity contribution in [3.63, 3.8) is 0 Å². The van der Waals surface area contributed by atoms with E-state index in [1.54, 1.807) is 6.20 Å². The largest absolute Gasteiger partial charge is 0.319 e. The minimum atomic E-state index is -0.164. The lowest BCUT2D eigenvalue weighted by atomic mass is 9.97. The first-order valence-corrected chi connectivity index (χ1v) is 6.31. The van der Waals surface area contributed by atoms with Crippen molar-refractivity contribution in [2.24, 2.45) is 5.73 Å². The molecule has 0 amide bonds. The van der Waals surface area contributed by atoms with Gasteiger partial charge < -0.3 is 5.73 Å². The number of nitrogens with zero attached hydrogens (tertiary/aromatic N) is 1. The number of hydrogen-bond acceptors (Lipinski definition) is 2. The number of nitrogens with two attached hydrogens (primary N) is 1. The van der Waals surface area contributed by atoms with Gasteiger partial charge in [0.05, 0.1) is 11.7 Å². The fourth-order valence-corrected chi connectivity index (χ4v) is 2.06. The Balaban J connectivity index is 2.39. The highest BCUT2D eigenvalue weighted by molar-refractivity contribution is 9.10. The van der Waals surface area contributed by atoms with Gasteiger partial charge >= 0.3 is 0 Å². The highest BCUT2D eigenvalue weighted by Crippen LogP contribution is 2.23. The summed E-state index contributed by atoms with van der Waals surface area (Å²) in [6.45, 7) is 4.15. The summed E-state index contributed by atoms with van der Waals surface area (Å²) < 4.78 is 0.967. The number of pyridine rings is 1. The van der Waals surface area contributed by atoms with Crippen LogP contribution in [0.5, 0.6) is 0 Å². The van der Waals surface area contributed by atoms with Crippen molar-refractivity contribution in [1.82, 2.24) is 4.98 Å². The third-order valence-electron chi connectivity index (χ3n) is 2.84. The lowest BCUT2D eigenvalue weighted by molar-refractivity contribution is 0.819. The molecule has 0 fully saturated rings. The quantitative estimate of drug-likeness (QED) is 0.919. The maximum Gasteiger partial charge on any atom is 0.0729 e. The van der Waals surface area contributed by atoms with Gasteiger partial charge in [0.1, 0.15) is 0 Å². The van der Waals surface area contributed by atoms with Crippen molar-refractivity contribution >= 4 is 15.9 Å². The monoisotopic (exact) mass is 290 g/mol. The van der Waals surface area contributed by atoms with E-state index in [4.69, 9.17) is 5.73 Å². The van der Waals surface area contributed by atoms with Crippen LogP contribution in [0.15, 0.2) is 41.0 Å². The summed E-state index contributed by atoms with van der Waals surface area (Å²) in [7, 11) is 0. The van der Waals surface area contributed by atoms with Crippen LogP contribution in [-0.4, -0.2) is 4.98 Å². The number of aryl methyl sites for hydroxylation is 2. The number of halogens is 1. The molecule has 17 heavy (non-hydrogen) atoms. The van der Waals surface area contributed by atoms with Gasteiger partial charge in [-0.3, -0.25) is 4.98 Å². The maximum atomic E-state index is 6.26. The standard InChI is InChI=1S/C14H15BrN2/c1-9-3-4-10(2)12(7-9)14(16)13-6-5-11(15)8-17-13/h3-8,14H,16H2,1-2H3. The van der Waals surface area contributed by atoms with Gasteiger partial charge in [-0.2, -0.15) is 0 Å². The van der Waals surface area contributed by atoms with Crippen molar-refractivity contribution < 1.29 is 0 Å². The Hall–Kier alpha value is -1.19. The summed E-state index contributed by atoms with van der Waals surface area (Å²) in [4.78, 5) is 4.35. The molecule has 2 N–H and O–H groups in total. The Morgan fingerprint density at radius 2 is 1.94 bits per heavy atom. The molecule has 0 radical (unpaired) electrons. The first-order valence-electron chi connectivity index (χ1n) is 5.52. The number of hydrogen-bond donors (Lipinski definition) is 1. The summed E-state index contributed by atoms with van der Waals surface area (Å²) in [5, 5.41) is 0. The van der Waals surface area contributed by atoms with Crippen molar-refractivity contribution in [3.05, 3.63) is 63.4 Å². The Labute approximate surface area is 110 Å². The van der Waals surface area contributed by atoms with E-state index in [2.05, 4.69) is 53.0 Å². The van der Waals surface area contributed by atoms with E-state index in [1.165, 1.54) is 11.1 Å². The van der Waals surface area contributed by atoms with Crippen LogP contribution in [0, 0.1) is 13.8 Å². The molecule has 1 aromatic carbocycles. The first-order chi connectivity index (χ1) is 8.08. The van der Waals surface area contributed by atoms with E-state index >= 15 is 0 Å². The molecule has 0 aliphatic carbocycles. The predicted molar refractivity (Wildman–Crippen MR) is 73.9 cm³/mol. The molecule has 2 rings (SSSR count). The lowest BCUT2D eigenvalue weighted by Gasteiger charge is -2.15. The van der Waals surface area contributed by atoms with Gasteiger partial charge in [0.25, 0.3) is 0 Å². The van der Waals surface area contributed by atoms with Gasteiger partial charge in [-0.15, -0.1) is 0 Å². The molecular weight excluding hydrogens is 276 g/mol. The maximum absolute atomic E-state index is 6.26. The highest BCUT2D eigenvalue weighted by Gasteiger charge is 2.12. The van der Waals surface area contributed by atoms with E-state index in [0.717, 1.165) is 15.7 Å². The fraction of sp³-hybridized carbons (Fsp3) is 0.214. The molecular formula is C14H15BrN2. The van der Waals surface area contributed by atoms with Crippen molar-refractivity contribution in [2.45, 2.75) is 19.9 Å². The number of aromatic nitrogens is 1. The predicted octanol–water partition coefficient (Wildman–Crippen LogP) is 3.51. The minimum Gasteiger partial charge on any atom is -0.319 e. The third kappa shape index (κ3) is 2.73. The van der Waals surface area contributed by atoms with Gasteiger partial charge in [-0.1, -0.05) is 23.8 Å². The Morgan fingerprint density at radius 3 is 2.59 bits per heavy atom. The summed E-state index contributed by atoms with van der Waals surface area (Å²) >= 11 is 3.37. The molecule has 0 aliphatic rings. The van der Waals surface area contributed by atoms with Crippen LogP contribution >= 0.6 is 15.9 Å². The lowest BCUT2D eigenvalue weighted by Crippen LogP contribution is -2.14. The van der Waals surface area contributed by atoms with Crippen LogP contribution in [0.1, 0.15) is 28.4 Å². The molecule has 2 nitrogen and oxygen atoms in total. The van der Waals surface area contributed by atoms with Crippen molar-refractivity contribution in [1.29, 1.82) is 0 Å². The van der Waals surface area contributed by atoms with Gasteiger partial charge in [-0.25, -0.2) is 0 Å². The number of benzene rings is 1. The van der Waals surface area contributed by atoms with Crippen LogP contribution in [0.25, 0.3) is 0 Å². The average molecular weight is 291 g/mol. The highest BCUT2D eigenvalue weighted by atomic mass is 79.9. The molecule has 0 saturated heterocycles. The second kappa shape index (κ2) is 4.98. The smallest absolute Gasteiger partial charge is 0.0729 e. The summed E-state index contributed by atoms with van der Waals surface area (Å²) in [6, 6.07) is 10.1. The van der Waals surface area contributed by atoms with Gasteiger partial charge in [0, 0.05) is 10.7 Å². The third-order valence-corrected chi connectivity index (χ3v) is 3.31. The molecule has 1 atom stereocenters. The molecule has 1 unspecified atom stereocenters. The van der Waals surface area contributed by atoms with Crippen LogP contribution in [0.3, 0.4) is 0 Å². The van der Waals surface area contributed by atoms with Crippen molar-refractivity contribution in [2.75, 3.05) is 0 Å². The molecule has 0 aliphatic heterocycles. The van der Waals surface area contributed by atoms with Crippen LogP contribution in [0.2, 0.25) is 0 Å². The summed E-state index contributed by atoms with van der Waals surface area (Å²) in [5.74, 6) is 0. The average Bonchev–Trinajstić information content (AvgIpc) is 2.32. The van der Waals surface area contributed by atoms with Crippen LogP contribution in [0.4, 0.5) is 0 Å². The molecule has 0 bridgehead atoms. The normalized spacial score (nSPS) is 12.5. The first kappa shape index (κ1) is 12.3. The van der Waals surface area contributed by atoms with Gasteiger partial charge in [-0.05, 0) is 53.0 Å². The Bertz CT molecular complexity index is 520. The zero-order valence-corrected chi connectivity index (χ0v) is 11.5. The van der Waals surface area contributed by atoms with Gasteiger partial charge in [0.15, 0.2) is 0 Å². The Kier molecular flexibility index (Phi) is 3.60. The van der Waals surface area contributed by atoms with E-state index in [1.807, 2.05) is 12.1 Å². The fourth-order valence-electron chi connectivity index (χ4n) is 1.83. The molecule has 3 heteroatoms. The molecule has 1 aromatic heterocycles. The second-order valence-corrected chi connectivity index (χ2v) is 5.15. The second-order valence-electron chi connectivity index (χ2n) is 4.24. The zero-order valence-electron chi connectivity index (χ0n) is 9.94. The topological polar surface area (TPSA) is 38.9 Å². The minimum absolute atomic E-state index is 0.164. The SMILES string of the molecule is Cc1ccc(C)c(C(N)c2ccc(Br)cn2)c1. The Morgan fingerprint density at radius 1 is 1.18 bits per heavy atom. The summed E-state index contributed by atoms with van der Waals surface area (Å²) in [6.07, 6.45) is 1.78. The van der Waals surface area contributed by atoms with E-state index in [-0.39, 0.29) is 6.04 Å². The van der Waals surface area contributed by atoms with E-state index < -0.39 is 0 Å². The van der Waals surface area contributed by atoms with Gasteiger partial charge in [0.2, 0.25) is 0 Å². The van der Waals surface area contributed by atoms with Crippen LogP contribution in [-0.2, 0) is 0 Å². The molecule has 88 valence electrons. The van der Waals surface area contributed by atoms with Crippen LogP contribution < -0.4 is 5.73 Å². The molecule has 1 heterocycles. The molecule has 0 spiro atoms. The van der Waals surface area contributed by atoms with E-state index in [0.29, 0.717) is 0 Å². The molecule has 2 aromatic rings.